The zero-order valence-corrected chi connectivity index (χ0v) is 8.42. The Morgan fingerprint density at radius 3 is 2.56 bits per heavy atom. The van der Waals surface area contributed by atoms with Gasteiger partial charge in [0.25, 0.3) is 0 Å². The number of para-hydroxylation sites is 1. The van der Waals surface area contributed by atoms with Crippen LogP contribution in [0, 0.1) is 0 Å². The molecule has 78 valence electrons. The van der Waals surface area contributed by atoms with E-state index >= 15 is 0 Å². The number of rotatable bonds is 1. The molecule has 0 saturated heterocycles. The number of nitrogens with zero attached hydrogens (tertiary/aromatic N) is 2. The first-order valence-corrected chi connectivity index (χ1v) is 4.92. The molecule has 2 N–H and O–H groups in total. The Morgan fingerprint density at radius 2 is 1.69 bits per heavy atom. The highest BCUT2D eigenvalue weighted by Gasteiger charge is 2.09. The molecule has 0 aliphatic rings. The molecule has 0 atom stereocenters. The van der Waals surface area contributed by atoms with E-state index < -0.39 is 0 Å². The summed E-state index contributed by atoms with van der Waals surface area (Å²) in [6.45, 7) is 0. The van der Waals surface area contributed by atoms with E-state index in [1.807, 2.05) is 42.5 Å². The summed E-state index contributed by atoms with van der Waals surface area (Å²) in [5.41, 5.74) is 10.0. The normalized spacial score (nSPS) is 10.8. The topological polar surface area (TPSA) is 64.9 Å². The van der Waals surface area contributed by atoms with Crippen LogP contribution in [0.1, 0.15) is 0 Å². The molecule has 3 aromatic rings. The number of hydrogen-bond acceptors (Lipinski definition) is 4. The summed E-state index contributed by atoms with van der Waals surface area (Å²) in [4.78, 5) is 0. The molecule has 0 amide bonds. The van der Waals surface area contributed by atoms with Crippen molar-refractivity contribution in [2.45, 2.75) is 0 Å². The van der Waals surface area contributed by atoms with Crippen molar-refractivity contribution >= 4 is 16.7 Å². The SMILES string of the molecule is Nc1ccccc1-c1cccc2nonc12. The average molecular weight is 211 g/mol. The van der Waals surface area contributed by atoms with Crippen molar-refractivity contribution in [3.63, 3.8) is 0 Å². The van der Waals surface area contributed by atoms with E-state index in [1.54, 1.807) is 0 Å². The van der Waals surface area contributed by atoms with Crippen LogP contribution in [0.3, 0.4) is 0 Å². The predicted octanol–water partition coefficient (Wildman–Crippen LogP) is 2.47. The first-order chi connectivity index (χ1) is 7.86. The zero-order chi connectivity index (χ0) is 11.0. The van der Waals surface area contributed by atoms with Crippen molar-refractivity contribution < 1.29 is 4.63 Å². The zero-order valence-electron chi connectivity index (χ0n) is 8.42. The Hall–Kier alpha value is -2.36. The molecule has 0 radical (unpaired) electrons. The van der Waals surface area contributed by atoms with Crippen LogP contribution in [0.4, 0.5) is 5.69 Å². The van der Waals surface area contributed by atoms with Gasteiger partial charge in [0, 0.05) is 16.8 Å². The van der Waals surface area contributed by atoms with Gasteiger partial charge in [-0.05, 0) is 22.4 Å². The second-order valence-corrected chi connectivity index (χ2v) is 3.52. The van der Waals surface area contributed by atoms with E-state index in [4.69, 9.17) is 10.4 Å². The van der Waals surface area contributed by atoms with Crippen LogP contribution in [-0.2, 0) is 0 Å². The van der Waals surface area contributed by atoms with Gasteiger partial charge in [-0.2, -0.15) is 0 Å². The summed E-state index contributed by atoms with van der Waals surface area (Å²) >= 11 is 0. The second kappa shape index (κ2) is 3.34. The molecule has 0 aliphatic carbocycles. The molecule has 0 spiro atoms. The van der Waals surface area contributed by atoms with Crippen LogP contribution in [-0.4, -0.2) is 10.3 Å². The molecular weight excluding hydrogens is 202 g/mol. The maximum Gasteiger partial charge on any atom is 0.143 e. The van der Waals surface area contributed by atoms with Crippen LogP contribution < -0.4 is 5.73 Å². The molecule has 0 aliphatic heterocycles. The minimum Gasteiger partial charge on any atom is -0.398 e. The third kappa shape index (κ3) is 1.24. The van der Waals surface area contributed by atoms with Gasteiger partial charge in [0.05, 0.1) is 0 Å². The van der Waals surface area contributed by atoms with Gasteiger partial charge in [-0.3, -0.25) is 0 Å². The van der Waals surface area contributed by atoms with Crippen LogP contribution in [0.5, 0.6) is 0 Å². The summed E-state index contributed by atoms with van der Waals surface area (Å²) in [7, 11) is 0. The standard InChI is InChI=1S/C12H9N3O/c13-10-6-2-1-4-8(10)9-5-3-7-11-12(9)15-16-14-11/h1-7H,13H2. The van der Waals surface area contributed by atoms with E-state index in [1.165, 1.54) is 0 Å². The lowest BCUT2D eigenvalue weighted by Gasteiger charge is -2.04. The van der Waals surface area contributed by atoms with Crippen molar-refractivity contribution in [3.8, 4) is 11.1 Å². The molecule has 0 bridgehead atoms. The van der Waals surface area contributed by atoms with Crippen molar-refractivity contribution in [1.82, 2.24) is 10.3 Å². The Morgan fingerprint density at radius 1 is 0.875 bits per heavy atom. The fraction of sp³-hybridized carbons (Fsp3) is 0. The Labute approximate surface area is 91.6 Å². The molecule has 0 fully saturated rings. The fourth-order valence-corrected chi connectivity index (χ4v) is 1.77. The molecule has 4 nitrogen and oxygen atoms in total. The van der Waals surface area contributed by atoms with Crippen LogP contribution in [0.25, 0.3) is 22.2 Å². The van der Waals surface area contributed by atoms with Crippen molar-refractivity contribution in [3.05, 3.63) is 42.5 Å². The van der Waals surface area contributed by atoms with Gasteiger partial charge in [-0.15, -0.1) is 0 Å². The summed E-state index contributed by atoms with van der Waals surface area (Å²) in [6.07, 6.45) is 0. The molecule has 16 heavy (non-hydrogen) atoms. The number of benzene rings is 2. The van der Waals surface area contributed by atoms with E-state index in [9.17, 15) is 0 Å². The molecular formula is C12H9N3O. The third-order valence-corrected chi connectivity index (χ3v) is 2.54. The van der Waals surface area contributed by atoms with Gasteiger partial charge < -0.3 is 5.73 Å². The van der Waals surface area contributed by atoms with Crippen LogP contribution >= 0.6 is 0 Å². The quantitative estimate of drug-likeness (QED) is 0.628. The number of nitrogens with two attached hydrogens (primary N) is 1. The lowest BCUT2D eigenvalue weighted by molar-refractivity contribution is 0.315. The molecule has 3 rings (SSSR count). The van der Waals surface area contributed by atoms with E-state index in [0.717, 1.165) is 27.8 Å². The van der Waals surface area contributed by atoms with Crippen molar-refractivity contribution in [1.29, 1.82) is 0 Å². The molecule has 0 unspecified atom stereocenters. The minimum atomic E-state index is 0.720. The summed E-state index contributed by atoms with van der Waals surface area (Å²) < 4.78 is 4.73. The summed E-state index contributed by atoms with van der Waals surface area (Å²) in [6, 6.07) is 13.4. The highest BCUT2D eigenvalue weighted by Crippen LogP contribution is 2.30. The maximum atomic E-state index is 5.93. The number of anilines is 1. The van der Waals surface area contributed by atoms with Gasteiger partial charge in [0.15, 0.2) is 0 Å². The predicted molar refractivity (Wildman–Crippen MR) is 61.7 cm³/mol. The summed E-state index contributed by atoms with van der Waals surface area (Å²) in [5.74, 6) is 0. The van der Waals surface area contributed by atoms with Gasteiger partial charge >= 0.3 is 0 Å². The first-order valence-electron chi connectivity index (χ1n) is 4.92. The summed E-state index contributed by atoms with van der Waals surface area (Å²) in [5, 5.41) is 7.70. The molecule has 1 aromatic heterocycles. The monoisotopic (exact) mass is 211 g/mol. The van der Waals surface area contributed by atoms with Crippen molar-refractivity contribution in [2.75, 3.05) is 5.73 Å². The maximum absolute atomic E-state index is 5.93. The lowest BCUT2D eigenvalue weighted by Crippen LogP contribution is -1.89. The van der Waals surface area contributed by atoms with Crippen LogP contribution in [0.2, 0.25) is 0 Å². The van der Waals surface area contributed by atoms with Gasteiger partial charge in [-0.25, -0.2) is 4.63 Å². The highest BCUT2D eigenvalue weighted by atomic mass is 16.6. The van der Waals surface area contributed by atoms with E-state index in [-0.39, 0.29) is 0 Å². The Kier molecular flexibility index (Phi) is 1.86. The van der Waals surface area contributed by atoms with Gasteiger partial charge in [0.2, 0.25) is 0 Å². The largest absolute Gasteiger partial charge is 0.398 e. The molecule has 4 heteroatoms. The fourth-order valence-electron chi connectivity index (χ4n) is 1.77. The Balaban J connectivity index is 2.34. The minimum absolute atomic E-state index is 0.720. The van der Waals surface area contributed by atoms with Crippen molar-refractivity contribution in [2.24, 2.45) is 0 Å². The highest BCUT2D eigenvalue weighted by molar-refractivity contribution is 5.94. The van der Waals surface area contributed by atoms with Crippen LogP contribution in [0.15, 0.2) is 47.1 Å². The third-order valence-electron chi connectivity index (χ3n) is 2.54. The smallest absolute Gasteiger partial charge is 0.143 e. The number of nitrogen functional groups attached to an aromatic ring is 1. The van der Waals surface area contributed by atoms with Gasteiger partial charge in [0.1, 0.15) is 11.0 Å². The average Bonchev–Trinajstić information content (AvgIpc) is 2.77. The van der Waals surface area contributed by atoms with E-state index in [2.05, 4.69) is 10.3 Å². The van der Waals surface area contributed by atoms with Gasteiger partial charge in [-0.1, -0.05) is 30.3 Å². The molecule has 1 heterocycles. The number of aromatic nitrogens is 2. The second-order valence-electron chi connectivity index (χ2n) is 3.52. The Bertz CT molecular complexity index is 645. The molecule has 2 aromatic carbocycles. The number of fused-ring (bicyclic) bond motifs is 1. The lowest BCUT2D eigenvalue weighted by atomic mass is 10.0. The van der Waals surface area contributed by atoms with E-state index in [0.29, 0.717) is 0 Å². The number of hydrogen-bond donors (Lipinski definition) is 1. The molecule has 0 saturated carbocycles. The first kappa shape index (κ1) is 8.91.